The Morgan fingerprint density at radius 1 is 1.00 bits per heavy atom. The second-order valence-corrected chi connectivity index (χ2v) is 5.15. The number of esters is 1. The first-order valence-electron chi connectivity index (χ1n) is 7.01. The predicted molar refractivity (Wildman–Crippen MR) is 70.8 cm³/mol. The molecule has 2 heteroatoms. The van der Waals surface area contributed by atoms with Gasteiger partial charge in [-0.05, 0) is 25.7 Å². The van der Waals surface area contributed by atoms with E-state index in [0.717, 1.165) is 5.57 Å². The molecule has 98 valence electrons. The van der Waals surface area contributed by atoms with Gasteiger partial charge in [-0.25, -0.2) is 4.79 Å². The second kappa shape index (κ2) is 8.32. The summed E-state index contributed by atoms with van der Waals surface area (Å²) in [5.41, 5.74) is 0.773. The van der Waals surface area contributed by atoms with Crippen molar-refractivity contribution in [3.05, 3.63) is 11.6 Å². The third kappa shape index (κ3) is 5.90. The summed E-state index contributed by atoms with van der Waals surface area (Å²) in [5, 5.41) is 0. The maximum absolute atomic E-state index is 11.4. The lowest BCUT2D eigenvalue weighted by molar-refractivity contribution is -0.136. The highest BCUT2D eigenvalue weighted by atomic mass is 16.5. The highest BCUT2D eigenvalue weighted by molar-refractivity contribution is 5.87. The number of ether oxygens (including phenoxy) is 1. The summed E-state index contributed by atoms with van der Waals surface area (Å²) in [6, 6.07) is 0. The molecular formula is C15H26O2. The lowest BCUT2D eigenvalue weighted by Gasteiger charge is -2.15. The Balaban J connectivity index is 2.49. The first kappa shape index (κ1) is 14.3. The fourth-order valence-electron chi connectivity index (χ4n) is 2.59. The van der Waals surface area contributed by atoms with Crippen molar-refractivity contribution < 1.29 is 9.53 Å². The molecule has 0 aromatic heterocycles. The Morgan fingerprint density at radius 3 is 1.94 bits per heavy atom. The summed E-state index contributed by atoms with van der Waals surface area (Å²) in [5.74, 6) is 0.397. The number of methoxy groups -OCH3 is 1. The zero-order chi connectivity index (χ0) is 12.5. The third-order valence-corrected chi connectivity index (χ3v) is 3.64. The molecule has 0 saturated heterocycles. The number of carbonyl (C=O) groups is 1. The van der Waals surface area contributed by atoms with Gasteiger partial charge < -0.3 is 4.74 Å². The summed E-state index contributed by atoms with van der Waals surface area (Å²) in [7, 11) is 1.45. The normalized spacial score (nSPS) is 20.9. The van der Waals surface area contributed by atoms with E-state index in [4.69, 9.17) is 4.74 Å². The minimum atomic E-state index is -0.179. The Hall–Kier alpha value is -0.790. The zero-order valence-corrected chi connectivity index (χ0v) is 11.3. The van der Waals surface area contributed by atoms with E-state index in [-0.39, 0.29) is 5.97 Å². The number of rotatable bonds is 2. The summed E-state index contributed by atoms with van der Waals surface area (Å²) in [6.45, 7) is 1.87. The van der Waals surface area contributed by atoms with E-state index in [0.29, 0.717) is 5.92 Å². The molecule has 1 saturated carbocycles. The van der Waals surface area contributed by atoms with Gasteiger partial charge in [0.05, 0.1) is 7.11 Å². The molecule has 0 aromatic rings. The smallest absolute Gasteiger partial charge is 0.333 e. The molecule has 0 atom stereocenters. The van der Waals surface area contributed by atoms with Gasteiger partial charge in [0.25, 0.3) is 0 Å². The van der Waals surface area contributed by atoms with E-state index in [1.807, 2.05) is 6.92 Å². The molecular weight excluding hydrogens is 212 g/mol. The molecule has 1 fully saturated rings. The molecule has 1 aliphatic carbocycles. The molecule has 17 heavy (non-hydrogen) atoms. The van der Waals surface area contributed by atoms with Crippen molar-refractivity contribution in [2.24, 2.45) is 5.92 Å². The van der Waals surface area contributed by atoms with E-state index >= 15 is 0 Å². The Kier molecular flexibility index (Phi) is 6.99. The van der Waals surface area contributed by atoms with Crippen LogP contribution in [-0.4, -0.2) is 13.1 Å². The maximum atomic E-state index is 11.4. The van der Waals surface area contributed by atoms with Crippen LogP contribution in [0.4, 0.5) is 0 Å². The largest absolute Gasteiger partial charge is 0.466 e. The minimum absolute atomic E-state index is 0.179. The van der Waals surface area contributed by atoms with Crippen LogP contribution in [0.2, 0.25) is 0 Å². The summed E-state index contributed by atoms with van der Waals surface area (Å²) in [6.07, 6.45) is 14.1. The SMILES string of the molecule is COC(=O)C(C)=CC1CCCCCCCCC1. The molecule has 0 radical (unpaired) electrons. The van der Waals surface area contributed by atoms with Crippen LogP contribution < -0.4 is 0 Å². The number of allylic oxidation sites excluding steroid dienone is 1. The van der Waals surface area contributed by atoms with Crippen LogP contribution in [0.1, 0.15) is 64.7 Å². The number of hydrogen-bond acceptors (Lipinski definition) is 2. The fraction of sp³-hybridized carbons (Fsp3) is 0.800. The number of carbonyl (C=O) groups excluding carboxylic acids is 1. The first-order chi connectivity index (χ1) is 8.24. The number of hydrogen-bond donors (Lipinski definition) is 0. The van der Waals surface area contributed by atoms with E-state index in [2.05, 4.69) is 6.08 Å². The zero-order valence-electron chi connectivity index (χ0n) is 11.3. The van der Waals surface area contributed by atoms with Crippen molar-refractivity contribution in [3.8, 4) is 0 Å². The third-order valence-electron chi connectivity index (χ3n) is 3.64. The van der Waals surface area contributed by atoms with Gasteiger partial charge >= 0.3 is 5.97 Å². The Morgan fingerprint density at radius 2 is 1.47 bits per heavy atom. The van der Waals surface area contributed by atoms with Gasteiger partial charge in [0, 0.05) is 5.57 Å². The summed E-state index contributed by atoms with van der Waals surface area (Å²) >= 11 is 0. The van der Waals surface area contributed by atoms with Crippen LogP contribution in [0.15, 0.2) is 11.6 Å². The van der Waals surface area contributed by atoms with Crippen molar-refractivity contribution in [1.82, 2.24) is 0 Å². The maximum Gasteiger partial charge on any atom is 0.333 e. The molecule has 0 aromatic carbocycles. The van der Waals surface area contributed by atoms with Gasteiger partial charge in [0.2, 0.25) is 0 Å². The van der Waals surface area contributed by atoms with E-state index in [9.17, 15) is 4.79 Å². The fourth-order valence-corrected chi connectivity index (χ4v) is 2.59. The Bertz CT molecular complexity index is 246. The monoisotopic (exact) mass is 238 g/mol. The molecule has 0 N–H and O–H groups in total. The van der Waals surface area contributed by atoms with Crippen molar-refractivity contribution >= 4 is 5.97 Å². The van der Waals surface area contributed by atoms with Gasteiger partial charge in [-0.15, -0.1) is 0 Å². The minimum Gasteiger partial charge on any atom is -0.466 e. The van der Waals surface area contributed by atoms with E-state index in [1.54, 1.807) is 0 Å². The van der Waals surface area contributed by atoms with Crippen LogP contribution in [0.5, 0.6) is 0 Å². The Labute approximate surface area is 105 Å². The molecule has 0 unspecified atom stereocenters. The van der Waals surface area contributed by atoms with Crippen molar-refractivity contribution in [2.45, 2.75) is 64.7 Å². The lowest BCUT2D eigenvalue weighted by atomic mass is 9.91. The van der Waals surface area contributed by atoms with Gasteiger partial charge in [-0.1, -0.05) is 51.0 Å². The van der Waals surface area contributed by atoms with Crippen LogP contribution in [0.3, 0.4) is 0 Å². The average molecular weight is 238 g/mol. The predicted octanol–water partition coefficient (Wildman–Crippen LogP) is 4.25. The first-order valence-corrected chi connectivity index (χ1v) is 7.01. The van der Waals surface area contributed by atoms with Crippen molar-refractivity contribution in [2.75, 3.05) is 7.11 Å². The highest BCUT2D eigenvalue weighted by Gasteiger charge is 2.11. The van der Waals surface area contributed by atoms with Crippen molar-refractivity contribution in [3.63, 3.8) is 0 Å². The standard InChI is InChI=1S/C15H26O2/c1-13(15(16)17-2)12-14-10-8-6-4-3-5-7-9-11-14/h12,14H,3-11H2,1-2H3. The van der Waals surface area contributed by atoms with Gasteiger partial charge in [0.1, 0.15) is 0 Å². The molecule has 0 heterocycles. The van der Waals surface area contributed by atoms with Gasteiger partial charge in [0.15, 0.2) is 0 Å². The summed E-state index contributed by atoms with van der Waals surface area (Å²) in [4.78, 5) is 11.4. The van der Waals surface area contributed by atoms with E-state index < -0.39 is 0 Å². The van der Waals surface area contributed by atoms with Crippen LogP contribution in [0, 0.1) is 5.92 Å². The van der Waals surface area contributed by atoms with Crippen molar-refractivity contribution in [1.29, 1.82) is 0 Å². The molecule has 0 spiro atoms. The van der Waals surface area contributed by atoms with Gasteiger partial charge in [-0.3, -0.25) is 0 Å². The van der Waals surface area contributed by atoms with Gasteiger partial charge in [-0.2, -0.15) is 0 Å². The quantitative estimate of drug-likeness (QED) is 0.531. The molecule has 0 amide bonds. The topological polar surface area (TPSA) is 26.3 Å². The molecule has 2 nitrogen and oxygen atoms in total. The summed E-state index contributed by atoms with van der Waals surface area (Å²) < 4.78 is 4.75. The highest BCUT2D eigenvalue weighted by Crippen LogP contribution is 2.23. The lowest BCUT2D eigenvalue weighted by Crippen LogP contribution is -2.06. The molecule has 1 aliphatic rings. The van der Waals surface area contributed by atoms with Crippen LogP contribution in [0.25, 0.3) is 0 Å². The molecule has 0 aliphatic heterocycles. The van der Waals surface area contributed by atoms with Crippen LogP contribution >= 0.6 is 0 Å². The molecule has 1 rings (SSSR count). The molecule has 0 bridgehead atoms. The second-order valence-electron chi connectivity index (χ2n) is 5.15. The average Bonchev–Trinajstić information content (AvgIpc) is 2.36. The van der Waals surface area contributed by atoms with Crippen LogP contribution in [-0.2, 0) is 9.53 Å². The van der Waals surface area contributed by atoms with E-state index in [1.165, 1.54) is 64.9 Å².